The van der Waals surface area contributed by atoms with Gasteiger partial charge >= 0.3 is 6.18 Å². The molecule has 44 heavy (non-hydrogen) atoms. The summed E-state index contributed by atoms with van der Waals surface area (Å²) in [5.74, 6) is 0.373. The second kappa shape index (κ2) is 14.0. The van der Waals surface area contributed by atoms with Crippen molar-refractivity contribution in [2.75, 3.05) is 50.0 Å². The number of halogens is 3. The maximum atomic E-state index is 13.7. The highest BCUT2D eigenvalue weighted by atomic mass is 19.4. The summed E-state index contributed by atoms with van der Waals surface area (Å²) in [6.07, 6.45) is 2.13. The summed E-state index contributed by atoms with van der Waals surface area (Å²) < 4.78 is 46.6. The first kappa shape index (κ1) is 31.1. The number of nitrogens with one attached hydrogen (secondary N) is 2. The Morgan fingerprint density at radius 2 is 1.86 bits per heavy atom. The number of benzene rings is 2. The molecule has 0 aliphatic carbocycles. The Morgan fingerprint density at radius 3 is 2.59 bits per heavy atom. The molecule has 3 aromatic rings. The zero-order valence-electron chi connectivity index (χ0n) is 24.7. The number of anilines is 3. The fourth-order valence-electron chi connectivity index (χ4n) is 5.11. The molecule has 1 aromatic heterocycles. The molecular weight excluding hydrogens is 573 g/mol. The highest BCUT2D eigenvalue weighted by molar-refractivity contribution is 6.05. The lowest BCUT2D eigenvalue weighted by Gasteiger charge is -2.27. The number of morpholine rings is 1. The number of amides is 1. The van der Waals surface area contributed by atoms with Crippen LogP contribution in [0, 0.1) is 6.92 Å². The van der Waals surface area contributed by atoms with Gasteiger partial charge in [0.05, 0.1) is 25.0 Å². The monoisotopic (exact) mass is 608 g/mol. The number of ether oxygens (including phenoxy) is 1. The van der Waals surface area contributed by atoms with Gasteiger partial charge in [-0.05, 0) is 81.2 Å². The third-order valence-corrected chi connectivity index (χ3v) is 7.39. The van der Waals surface area contributed by atoms with Crippen LogP contribution < -0.4 is 10.6 Å². The van der Waals surface area contributed by atoms with Gasteiger partial charge in [-0.2, -0.15) is 13.2 Å². The van der Waals surface area contributed by atoms with Crippen molar-refractivity contribution in [2.24, 2.45) is 9.98 Å². The number of guanidine groups is 1. The largest absolute Gasteiger partial charge is 0.416 e. The van der Waals surface area contributed by atoms with Gasteiger partial charge in [-0.1, -0.05) is 6.07 Å². The second-order valence-electron chi connectivity index (χ2n) is 10.7. The van der Waals surface area contributed by atoms with Gasteiger partial charge in [-0.15, -0.1) is 0 Å². The SMILES string of the molecule is C/C=N\C(=N/c1cncnc1Nc1cc(C(=O)Nc2cc(CN3CCCC3)cc(C(F)(F)F)c2)ccc1C)N1CCOCC1. The van der Waals surface area contributed by atoms with Crippen LogP contribution in [0.5, 0.6) is 0 Å². The predicted octanol–water partition coefficient (Wildman–Crippen LogP) is 5.81. The molecule has 1 amide bonds. The fraction of sp³-hybridized carbons (Fsp3) is 0.387. The molecule has 0 spiro atoms. The summed E-state index contributed by atoms with van der Waals surface area (Å²) in [5.41, 5.74) is 1.92. The zero-order valence-corrected chi connectivity index (χ0v) is 24.7. The van der Waals surface area contributed by atoms with E-state index in [1.165, 1.54) is 6.33 Å². The van der Waals surface area contributed by atoms with E-state index in [1.807, 2.05) is 18.7 Å². The second-order valence-corrected chi connectivity index (χ2v) is 10.7. The van der Waals surface area contributed by atoms with Gasteiger partial charge in [0.2, 0.25) is 5.96 Å². The molecule has 2 aromatic carbocycles. The van der Waals surface area contributed by atoms with Crippen LogP contribution in [0.1, 0.15) is 46.8 Å². The van der Waals surface area contributed by atoms with E-state index in [4.69, 9.17) is 9.73 Å². The van der Waals surface area contributed by atoms with E-state index in [9.17, 15) is 18.0 Å². The summed E-state index contributed by atoms with van der Waals surface area (Å²) in [5, 5.41) is 5.91. The summed E-state index contributed by atoms with van der Waals surface area (Å²) >= 11 is 0. The minimum absolute atomic E-state index is 0.0913. The first-order valence-corrected chi connectivity index (χ1v) is 14.5. The van der Waals surface area contributed by atoms with Crippen molar-refractivity contribution in [1.29, 1.82) is 0 Å². The molecule has 0 radical (unpaired) electrons. The summed E-state index contributed by atoms with van der Waals surface area (Å²) in [6, 6.07) is 8.74. The van der Waals surface area contributed by atoms with Crippen LogP contribution in [0.25, 0.3) is 0 Å². The third-order valence-electron chi connectivity index (χ3n) is 7.39. The first-order chi connectivity index (χ1) is 21.2. The lowest BCUT2D eigenvalue weighted by Crippen LogP contribution is -2.40. The lowest BCUT2D eigenvalue weighted by atomic mass is 10.1. The minimum atomic E-state index is -4.54. The number of hydrogen-bond acceptors (Lipinski definition) is 7. The molecule has 2 aliphatic heterocycles. The molecule has 13 heteroatoms. The third kappa shape index (κ3) is 7.97. The van der Waals surface area contributed by atoms with Crippen molar-refractivity contribution >= 4 is 41.0 Å². The molecular formula is C31H35F3N8O2. The molecule has 0 unspecified atom stereocenters. The van der Waals surface area contributed by atoms with Crippen molar-refractivity contribution in [3.05, 3.63) is 71.2 Å². The standard InChI is InChI=1S/C31H35F3N8O2/c1-3-36-30(42-10-12-44-13-11-42)40-27-18-35-20-37-28(27)39-26-16-23(7-6-21(26)2)29(43)38-25-15-22(19-41-8-4-5-9-41)14-24(17-25)31(32,33)34/h3,6-7,14-18,20H,4-5,8-13,19H2,1-2H3,(H,38,43)(H,35,37,39)/b36-3-,40-30+. The van der Waals surface area contributed by atoms with Gasteiger partial charge < -0.3 is 20.3 Å². The molecule has 2 fully saturated rings. The van der Waals surface area contributed by atoms with E-state index in [0.29, 0.717) is 61.6 Å². The van der Waals surface area contributed by atoms with E-state index in [1.54, 1.807) is 36.7 Å². The van der Waals surface area contributed by atoms with Crippen molar-refractivity contribution in [2.45, 2.75) is 39.4 Å². The molecule has 2 aliphatic rings. The number of hydrogen-bond donors (Lipinski definition) is 2. The van der Waals surface area contributed by atoms with Gasteiger partial charge in [0.25, 0.3) is 5.91 Å². The van der Waals surface area contributed by atoms with Gasteiger partial charge in [0.15, 0.2) is 5.82 Å². The van der Waals surface area contributed by atoms with E-state index in [0.717, 1.165) is 43.6 Å². The van der Waals surface area contributed by atoms with Crippen molar-refractivity contribution in [1.82, 2.24) is 19.8 Å². The van der Waals surface area contributed by atoms with E-state index < -0.39 is 17.6 Å². The Balaban J connectivity index is 1.38. The number of nitrogens with zero attached hydrogens (tertiary/aromatic N) is 6. The van der Waals surface area contributed by atoms with E-state index >= 15 is 0 Å². The van der Waals surface area contributed by atoms with Crippen LogP contribution in [0.2, 0.25) is 0 Å². The Bertz CT molecular complexity index is 1530. The average molecular weight is 609 g/mol. The van der Waals surface area contributed by atoms with Gasteiger partial charge in [0, 0.05) is 42.8 Å². The number of aromatic nitrogens is 2. The first-order valence-electron chi connectivity index (χ1n) is 14.5. The maximum absolute atomic E-state index is 13.7. The van der Waals surface area contributed by atoms with Crippen LogP contribution in [-0.4, -0.2) is 77.2 Å². The molecule has 5 rings (SSSR count). The Hall–Kier alpha value is -4.36. The molecule has 10 nitrogen and oxygen atoms in total. The topological polar surface area (TPSA) is 107 Å². The molecule has 2 saturated heterocycles. The number of aryl methyl sites for hydroxylation is 1. The molecule has 0 atom stereocenters. The number of alkyl halides is 3. The Labute approximate surface area is 254 Å². The summed E-state index contributed by atoms with van der Waals surface area (Å²) in [7, 11) is 0. The van der Waals surface area contributed by atoms with E-state index in [-0.39, 0.29) is 11.3 Å². The quantitative estimate of drug-likeness (QED) is 0.258. The summed E-state index contributed by atoms with van der Waals surface area (Å²) in [6.45, 7) is 8.20. The highest BCUT2D eigenvalue weighted by Crippen LogP contribution is 2.33. The molecule has 3 heterocycles. The van der Waals surface area contributed by atoms with E-state index in [2.05, 4.69) is 30.5 Å². The number of likely N-dealkylation sites (tertiary alicyclic amines) is 1. The van der Waals surface area contributed by atoms with Crippen LogP contribution >= 0.6 is 0 Å². The minimum Gasteiger partial charge on any atom is -0.378 e. The van der Waals surface area contributed by atoms with Crippen molar-refractivity contribution < 1.29 is 22.7 Å². The molecule has 0 saturated carbocycles. The average Bonchev–Trinajstić information content (AvgIpc) is 3.52. The number of rotatable bonds is 7. The van der Waals surface area contributed by atoms with Crippen LogP contribution in [-0.2, 0) is 17.5 Å². The van der Waals surface area contributed by atoms with Crippen molar-refractivity contribution in [3.8, 4) is 0 Å². The molecule has 0 bridgehead atoms. The van der Waals surface area contributed by atoms with Crippen LogP contribution in [0.4, 0.5) is 36.1 Å². The Morgan fingerprint density at radius 1 is 1.09 bits per heavy atom. The van der Waals surface area contributed by atoms with Crippen molar-refractivity contribution in [3.63, 3.8) is 0 Å². The van der Waals surface area contributed by atoms with Crippen LogP contribution in [0.3, 0.4) is 0 Å². The lowest BCUT2D eigenvalue weighted by molar-refractivity contribution is -0.137. The predicted molar refractivity (Wildman–Crippen MR) is 164 cm³/mol. The van der Waals surface area contributed by atoms with Gasteiger partial charge in [-0.25, -0.2) is 20.0 Å². The van der Waals surface area contributed by atoms with Crippen LogP contribution in [0.15, 0.2) is 58.9 Å². The molecule has 232 valence electrons. The highest BCUT2D eigenvalue weighted by Gasteiger charge is 2.31. The fourth-order valence-corrected chi connectivity index (χ4v) is 5.11. The van der Waals surface area contributed by atoms with Gasteiger partial charge in [-0.3, -0.25) is 9.69 Å². The Kier molecular flexibility index (Phi) is 9.85. The maximum Gasteiger partial charge on any atom is 0.416 e. The van der Waals surface area contributed by atoms with Gasteiger partial charge in [0.1, 0.15) is 12.0 Å². The number of carbonyl (C=O) groups excluding carboxylic acids is 1. The number of aliphatic imine (C=N–C) groups is 2. The zero-order chi connectivity index (χ0) is 31.1. The summed E-state index contributed by atoms with van der Waals surface area (Å²) in [4.78, 5) is 35.1. The number of carbonyl (C=O) groups is 1. The smallest absolute Gasteiger partial charge is 0.378 e. The normalized spacial score (nSPS) is 16.5. The molecule has 2 N–H and O–H groups in total.